The largest absolute Gasteiger partial charge is 0.496 e. The van der Waals surface area contributed by atoms with Crippen molar-refractivity contribution in [1.29, 1.82) is 0 Å². The number of nitrogens with zero attached hydrogens (tertiary/aromatic N) is 1. The Balaban J connectivity index is 1.65. The van der Waals surface area contributed by atoms with Crippen LogP contribution >= 0.6 is 0 Å². The third-order valence-electron chi connectivity index (χ3n) is 5.04. The van der Waals surface area contributed by atoms with Crippen LogP contribution in [0, 0.1) is 5.82 Å². The summed E-state index contributed by atoms with van der Waals surface area (Å²) in [7, 11) is -0.626. The van der Waals surface area contributed by atoms with Crippen molar-refractivity contribution < 1.29 is 31.7 Å². The fourth-order valence-corrected chi connectivity index (χ4v) is 2.70. The van der Waals surface area contributed by atoms with E-state index in [-0.39, 0.29) is 11.5 Å². The molecular weight excluding hydrogens is 405 g/mol. The predicted molar refractivity (Wildman–Crippen MR) is 104 cm³/mol. The van der Waals surface area contributed by atoms with Gasteiger partial charge in [-0.3, -0.25) is 5.32 Å². The number of pyridine rings is 1. The summed E-state index contributed by atoms with van der Waals surface area (Å²) in [5.74, 6) is -0.981. The average Bonchev–Trinajstić information content (AvgIpc) is 2.81. The van der Waals surface area contributed by atoms with Gasteiger partial charge in [0.1, 0.15) is 11.6 Å². The number of hydrogen-bond donors (Lipinski definition) is 2. The zero-order valence-electron chi connectivity index (χ0n) is 16.7. The number of alkyl halides is 3. The van der Waals surface area contributed by atoms with Crippen LogP contribution in [-0.2, 0) is 15.5 Å². The van der Waals surface area contributed by atoms with Crippen molar-refractivity contribution in [3.05, 3.63) is 47.9 Å². The first kappa shape index (κ1) is 22.0. The highest BCUT2D eigenvalue weighted by atomic mass is 19.4. The first-order valence-corrected chi connectivity index (χ1v) is 9.04. The van der Waals surface area contributed by atoms with Gasteiger partial charge in [0.15, 0.2) is 0 Å². The number of halogens is 4. The first-order valence-electron chi connectivity index (χ1n) is 9.04. The molecule has 0 atom stereocenters. The third-order valence-corrected chi connectivity index (χ3v) is 5.04. The van der Waals surface area contributed by atoms with E-state index in [4.69, 9.17) is 9.31 Å². The molecule has 1 aromatic carbocycles. The zero-order valence-corrected chi connectivity index (χ0v) is 16.7. The molecule has 0 unspecified atom stereocenters. The van der Waals surface area contributed by atoms with Crippen LogP contribution in [0.25, 0.3) is 0 Å². The molecule has 2 amide bonds. The van der Waals surface area contributed by atoms with E-state index in [1.807, 2.05) is 27.7 Å². The van der Waals surface area contributed by atoms with E-state index in [2.05, 4.69) is 15.6 Å². The number of hydrogen-bond acceptors (Lipinski definition) is 4. The van der Waals surface area contributed by atoms with Crippen molar-refractivity contribution in [2.45, 2.75) is 45.1 Å². The lowest BCUT2D eigenvalue weighted by Crippen LogP contribution is -2.41. The van der Waals surface area contributed by atoms with Crippen LogP contribution in [0.5, 0.6) is 0 Å². The summed E-state index contributed by atoms with van der Waals surface area (Å²) in [6.07, 6.45) is -3.28. The van der Waals surface area contributed by atoms with Gasteiger partial charge in [-0.05, 0) is 52.0 Å². The van der Waals surface area contributed by atoms with Crippen LogP contribution < -0.4 is 16.1 Å². The molecule has 1 aliphatic heterocycles. The Bertz CT molecular complexity index is 933. The molecule has 2 N–H and O–H groups in total. The third kappa shape index (κ3) is 4.73. The smallest absolute Gasteiger partial charge is 0.399 e. The lowest BCUT2D eigenvalue weighted by Gasteiger charge is -2.32. The number of urea groups is 1. The molecule has 3 rings (SSSR count). The summed E-state index contributed by atoms with van der Waals surface area (Å²) in [4.78, 5) is 16.1. The Morgan fingerprint density at radius 3 is 2.20 bits per heavy atom. The highest BCUT2D eigenvalue weighted by molar-refractivity contribution is 6.62. The summed E-state index contributed by atoms with van der Waals surface area (Å²) >= 11 is 0. The topological polar surface area (TPSA) is 72.5 Å². The molecule has 0 spiro atoms. The lowest BCUT2D eigenvalue weighted by molar-refractivity contribution is -0.137. The van der Waals surface area contributed by atoms with Gasteiger partial charge in [-0.2, -0.15) is 13.2 Å². The highest BCUT2D eigenvalue weighted by Crippen LogP contribution is 2.36. The van der Waals surface area contributed by atoms with Crippen LogP contribution in [0.3, 0.4) is 0 Å². The minimum absolute atomic E-state index is 0.139. The van der Waals surface area contributed by atoms with E-state index >= 15 is 0 Å². The second kappa shape index (κ2) is 7.55. The molecule has 11 heteroatoms. The van der Waals surface area contributed by atoms with Crippen LogP contribution in [-0.4, -0.2) is 29.3 Å². The van der Waals surface area contributed by atoms with Gasteiger partial charge in [-0.15, -0.1) is 0 Å². The van der Waals surface area contributed by atoms with E-state index in [1.54, 1.807) is 6.07 Å². The van der Waals surface area contributed by atoms with Crippen molar-refractivity contribution in [3.63, 3.8) is 0 Å². The van der Waals surface area contributed by atoms with Crippen LogP contribution in [0.4, 0.5) is 33.9 Å². The normalized spacial score (nSPS) is 17.7. The molecule has 2 heterocycles. The average molecular weight is 425 g/mol. The minimum Gasteiger partial charge on any atom is -0.399 e. The monoisotopic (exact) mass is 425 g/mol. The fraction of sp³-hybridized carbons (Fsp3) is 0.368. The Kier molecular flexibility index (Phi) is 5.55. The summed E-state index contributed by atoms with van der Waals surface area (Å²) in [5, 5.41) is 4.53. The Hall–Kier alpha value is -2.66. The van der Waals surface area contributed by atoms with Gasteiger partial charge in [0.25, 0.3) is 0 Å². The SMILES string of the molecule is CC1(C)OB(c2ccc(NC(=O)Nc3cc(F)cc(C(F)(F)F)c3)nc2)OC1(C)C. The van der Waals surface area contributed by atoms with Crippen molar-refractivity contribution >= 4 is 30.1 Å². The first-order chi connectivity index (χ1) is 13.8. The maximum atomic E-state index is 13.4. The lowest BCUT2D eigenvalue weighted by atomic mass is 9.80. The number of benzene rings is 1. The summed E-state index contributed by atoms with van der Waals surface area (Å²) in [6, 6.07) is 4.03. The van der Waals surface area contributed by atoms with Gasteiger partial charge in [0, 0.05) is 17.3 Å². The quantitative estimate of drug-likeness (QED) is 0.572. The number of nitrogens with one attached hydrogen (secondary N) is 2. The van der Waals surface area contributed by atoms with E-state index in [0.717, 1.165) is 6.07 Å². The molecule has 30 heavy (non-hydrogen) atoms. The Labute approximate surface area is 171 Å². The summed E-state index contributed by atoms with van der Waals surface area (Å²) in [5.41, 5.74) is -1.94. The fourth-order valence-electron chi connectivity index (χ4n) is 2.70. The standard InChI is InChI=1S/C19H20BF4N3O3/c1-17(2)18(3,4)30-20(29-17)12-5-6-15(25-10-12)27-16(28)26-14-8-11(19(22,23)24)7-13(21)9-14/h5-10H,1-4H3,(H2,25,26,27,28). The van der Waals surface area contributed by atoms with Gasteiger partial charge in [0.05, 0.1) is 16.8 Å². The maximum Gasteiger partial charge on any atom is 0.496 e. The van der Waals surface area contributed by atoms with Crippen molar-refractivity contribution in [1.82, 2.24) is 4.98 Å². The van der Waals surface area contributed by atoms with Crippen LogP contribution in [0.1, 0.15) is 33.3 Å². The molecule has 2 aromatic rings. The molecular formula is C19H20BF4N3O3. The molecule has 1 saturated heterocycles. The second-order valence-corrected chi connectivity index (χ2v) is 7.87. The van der Waals surface area contributed by atoms with Crippen molar-refractivity contribution in [3.8, 4) is 0 Å². The molecule has 0 bridgehead atoms. The number of aromatic nitrogens is 1. The molecule has 6 nitrogen and oxygen atoms in total. The number of amides is 2. The number of carbonyl (C=O) groups excluding carboxylic acids is 1. The van der Waals surface area contributed by atoms with E-state index in [9.17, 15) is 22.4 Å². The summed E-state index contributed by atoms with van der Waals surface area (Å²) < 4.78 is 63.6. The van der Waals surface area contributed by atoms with Gasteiger partial charge in [-0.1, -0.05) is 6.07 Å². The van der Waals surface area contributed by atoms with Gasteiger partial charge in [-0.25, -0.2) is 14.2 Å². The molecule has 160 valence electrons. The number of rotatable bonds is 3. The molecule has 1 aromatic heterocycles. The van der Waals surface area contributed by atoms with Crippen LogP contribution in [0.2, 0.25) is 0 Å². The molecule has 0 radical (unpaired) electrons. The Morgan fingerprint density at radius 2 is 1.67 bits per heavy atom. The molecule has 0 saturated carbocycles. The molecule has 1 aliphatic rings. The van der Waals surface area contributed by atoms with E-state index in [0.29, 0.717) is 17.6 Å². The second-order valence-electron chi connectivity index (χ2n) is 7.87. The van der Waals surface area contributed by atoms with Gasteiger partial charge in [0.2, 0.25) is 0 Å². The van der Waals surface area contributed by atoms with Gasteiger partial charge >= 0.3 is 19.3 Å². The minimum atomic E-state index is -4.74. The highest BCUT2D eigenvalue weighted by Gasteiger charge is 2.51. The zero-order chi connectivity index (χ0) is 22.3. The van der Waals surface area contributed by atoms with Crippen LogP contribution in [0.15, 0.2) is 36.5 Å². The van der Waals surface area contributed by atoms with Crippen molar-refractivity contribution in [2.75, 3.05) is 10.6 Å². The summed E-state index contributed by atoms with van der Waals surface area (Å²) in [6.45, 7) is 7.66. The van der Waals surface area contributed by atoms with E-state index < -0.39 is 41.9 Å². The van der Waals surface area contributed by atoms with Gasteiger partial charge < -0.3 is 14.6 Å². The predicted octanol–water partition coefficient (Wildman–Crippen LogP) is 4.18. The van der Waals surface area contributed by atoms with E-state index in [1.165, 1.54) is 12.3 Å². The number of anilines is 2. The van der Waals surface area contributed by atoms with Crippen molar-refractivity contribution in [2.24, 2.45) is 0 Å². The maximum absolute atomic E-state index is 13.4. The number of carbonyl (C=O) groups is 1. The molecule has 1 fully saturated rings. The Morgan fingerprint density at radius 1 is 1.03 bits per heavy atom. The molecule has 0 aliphatic carbocycles.